The molecule has 2 bridgehead atoms. The van der Waals surface area contributed by atoms with E-state index in [-0.39, 0.29) is 10.6 Å². The summed E-state index contributed by atoms with van der Waals surface area (Å²) < 4.78 is 6.54. The number of fused-ring (bicyclic) bond motifs is 2. The Bertz CT molecular complexity index is 562. The van der Waals surface area contributed by atoms with Crippen molar-refractivity contribution in [1.29, 1.82) is 0 Å². The van der Waals surface area contributed by atoms with Gasteiger partial charge in [0.25, 0.3) is 0 Å². The van der Waals surface area contributed by atoms with Crippen LogP contribution in [0.4, 0.5) is 0 Å². The third-order valence-corrected chi connectivity index (χ3v) is 7.14. The number of alkyl halides is 1. The van der Waals surface area contributed by atoms with Crippen LogP contribution in [0.2, 0.25) is 0 Å². The topological polar surface area (TPSA) is 46.5 Å². The number of ether oxygens (including phenoxy) is 1. The maximum atomic E-state index is 12.2. The number of esters is 1. The lowest BCUT2D eigenvalue weighted by molar-refractivity contribution is -0.939. The quantitative estimate of drug-likeness (QED) is 0.386. The van der Waals surface area contributed by atoms with Crippen LogP contribution in [0.5, 0.6) is 0 Å². The van der Waals surface area contributed by atoms with Gasteiger partial charge >= 0.3 is 5.97 Å². The Balaban J connectivity index is 1.67. The number of carbonyl (C=O) groups is 1. The molecule has 0 spiro atoms. The van der Waals surface area contributed by atoms with Crippen molar-refractivity contribution in [2.24, 2.45) is 0 Å². The van der Waals surface area contributed by atoms with Gasteiger partial charge in [-0.2, -0.15) is 0 Å². The van der Waals surface area contributed by atoms with Gasteiger partial charge in [-0.05, 0) is 21.5 Å². The highest BCUT2D eigenvalue weighted by molar-refractivity contribution is 9.10. The minimum Gasteiger partial charge on any atom is -0.460 e. The average molecular weight is 369 g/mol. The van der Waals surface area contributed by atoms with E-state index >= 15 is 0 Å². The fraction of sp³-hybridized carbons (Fsp3) is 0.588. The number of halogens is 1. The van der Waals surface area contributed by atoms with Gasteiger partial charge in [-0.15, -0.1) is 0 Å². The van der Waals surface area contributed by atoms with Gasteiger partial charge in [0.1, 0.15) is 6.10 Å². The van der Waals surface area contributed by atoms with Crippen molar-refractivity contribution in [2.45, 2.75) is 48.4 Å². The van der Waals surface area contributed by atoms with Crippen LogP contribution in [-0.2, 0) is 9.53 Å². The predicted molar refractivity (Wildman–Crippen MR) is 87.3 cm³/mol. The molecule has 22 heavy (non-hydrogen) atoms. The number of nitrogens with zero attached hydrogens (tertiary/aromatic N) is 1. The molecule has 1 N–H and O–H groups in total. The van der Waals surface area contributed by atoms with Crippen LogP contribution in [0, 0.1) is 0 Å². The molecule has 2 unspecified atom stereocenters. The Labute approximate surface area is 139 Å². The van der Waals surface area contributed by atoms with Crippen molar-refractivity contribution in [3.05, 3.63) is 35.9 Å². The van der Waals surface area contributed by atoms with Crippen molar-refractivity contribution in [3.8, 4) is 0 Å². The van der Waals surface area contributed by atoms with Crippen LogP contribution in [-0.4, -0.2) is 46.2 Å². The van der Waals surface area contributed by atoms with Gasteiger partial charge in [0.05, 0.1) is 26.6 Å². The second-order valence-electron chi connectivity index (χ2n) is 6.96. The SMILES string of the molecule is C[N+]1(C)[C@H]2CC[C@@]1(Br)CC(OC(=O)C(O)c1ccccc1)C2. The Kier molecular flexibility index (Phi) is 4.08. The Morgan fingerprint density at radius 2 is 2.09 bits per heavy atom. The van der Waals surface area contributed by atoms with Gasteiger partial charge in [0.15, 0.2) is 10.6 Å². The first-order valence-electron chi connectivity index (χ1n) is 7.80. The number of hydrogen-bond acceptors (Lipinski definition) is 3. The van der Waals surface area contributed by atoms with Crippen molar-refractivity contribution in [3.63, 3.8) is 0 Å². The standard InChI is InChI=1S/C17H23BrNO3/c1-19(2)13-8-9-17(19,18)11-14(10-13)22-16(21)15(20)12-6-4-3-5-7-12/h3-7,13-15,20H,8-11H2,1-2H3/q+1/t13-,14?,15?,17-/m0/s1. The lowest BCUT2D eigenvalue weighted by Crippen LogP contribution is -2.61. The molecular weight excluding hydrogens is 346 g/mol. The van der Waals surface area contributed by atoms with Crippen molar-refractivity contribution in [2.75, 3.05) is 14.1 Å². The summed E-state index contributed by atoms with van der Waals surface area (Å²) >= 11 is 3.89. The molecule has 0 amide bonds. The second kappa shape index (κ2) is 5.62. The third-order valence-electron chi connectivity index (χ3n) is 5.50. The highest BCUT2D eigenvalue weighted by atomic mass is 79.9. The van der Waals surface area contributed by atoms with E-state index in [0.29, 0.717) is 11.6 Å². The summed E-state index contributed by atoms with van der Waals surface area (Å²) in [5.41, 5.74) is 0.580. The normalized spacial score (nSPS) is 34.2. The van der Waals surface area contributed by atoms with Crippen molar-refractivity contribution >= 4 is 21.9 Å². The molecule has 2 heterocycles. The van der Waals surface area contributed by atoms with Crippen LogP contribution < -0.4 is 0 Å². The molecule has 2 fully saturated rings. The summed E-state index contributed by atoms with van der Waals surface area (Å²) in [6, 6.07) is 9.44. The molecule has 0 radical (unpaired) electrons. The van der Waals surface area contributed by atoms with E-state index in [1.54, 1.807) is 24.3 Å². The minimum atomic E-state index is -1.20. The summed E-state index contributed by atoms with van der Waals surface area (Å²) in [6.07, 6.45) is 2.59. The molecule has 120 valence electrons. The van der Waals surface area contributed by atoms with Gasteiger partial charge in [-0.25, -0.2) is 4.79 Å². The Morgan fingerprint density at radius 3 is 2.73 bits per heavy atom. The number of aliphatic hydroxyl groups excluding tert-OH is 1. The van der Waals surface area contributed by atoms with Crippen LogP contribution in [0.3, 0.4) is 0 Å². The molecule has 3 rings (SSSR count). The number of rotatable bonds is 3. The van der Waals surface area contributed by atoms with Gasteiger partial charge in [0, 0.05) is 19.3 Å². The monoisotopic (exact) mass is 368 g/mol. The predicted octanol–water partition coefficient (Wildman–Crippen LogP) is 2.76. The smallest absolute Gasteiger partial charge is 0.339 e. The summed E-state index contributed by atoms with van der Waals surface area (Å²) in [4.78, 5) is 12.2. The molecule has 0 saturated carbocycles. The highest BCUT2D eigenvalue weighted by Crippen LogP contribution is 2.52. The maximum Gasteiger partial charge on any atom is 0.339 e. The lowest BCUT2D eigenvalue weighted by atomic mass is 9.97. The molecule has 0 aliphatic carbocycles. The molecule has 4 atom stereocenters. The number of carbonyl (C=O) groups excluding carboxylic acids is 1. The van der Waals surface area contributed by atoms with Crippen LogP contribution in [0.15, 0.2) is 30.3 Å². The van der Waals surface area contributed by atoms with Crippen molar-refractivity contribution in [1.82, 2.24) is 0 Å². The molecule has 2 aliphatic heterocycles. The van der Waals surface area contributed by atoms with E-state index in [0.717, 1.165) is 30.2 Å². The zero-order valence-electron chi connectivity index (χ0n) is 13.0. The first kappa shape index (κ1) is 16.0. The maximum absolute atomic E-state index is 12.2. The fourth-order valence-electron chi connectivity index (χ4n) is 3.87. The average Bonchev–Trinajstić information content (AvgIpc) is 2.64. The zero-order chi connectivity index (χ0) is 16.0. The molecule has 4 nitrogen and oxygen atoms in total. The molecule has 0 aromatic heterocycles. The highest BCUT2D eigenvalue weighted by Gasteiger charge is 2.59. The summed E-state index contributed by atoms with van der Waals surface area (Å²) in [5, 5.41) is 10.1. The summed E-state index contributed by atoms with van der Waals surface area (Å²) in [5.74, 6) is -0.543. The van der Waals surface area contributed by atoms with Crippen LogP contribution in [0.1, 0.15) is 37.4 Å². The Hall–Kier alpha value is -0.910. The van der Waals surface area contributed by atoms with Gasteiger partial charge < -0.3 is 14.3 Å². The number of hydrogen-bond donors (Lipinski definition) is 1. The molecule has 1 aromatic carbocycles. The fourth-order valence-corrected chi connectivity index (χ4v) is 4.75. The number of quaternary nitrogens is 1. The van der Waals surface area contributed by atoms with E-state index in [4.69, 9.17) is 4.74 Å². The van der Waals surface area contributed by atoms with Gasteiger partial charge in [-0.3, -0.25) is 0 Å². The second-order valence-corrected chi connectivity index (χ2v) is 8.44. The number of benzene rings is 1. The van der Waals surface area contributed by atoms with Gasteiger partial charge in [0.2, 0.25) is 0 Å². The van der Waals surface area contributed by atoms with Gasteiger partial charge in [-0.1, -0.05) is 30.3 Å². The Morgan fingerprint density at radius 1 is 1.41 bits per heavy atom. The summed E-state index contributed by atoms with van der Waals surface area (Å²) in [7, 11) is 4.48. The number of piperidine rings is 1. The summed E-state index contributed by atoms with van der Waals surface area (Å²) in [6.45, 7) is 0. The van der Waals surface area contributed by atoms with E-state index in [9.17, 15) is 9.90 Å². The van der Waals surface area contributed by atoms with E-state index in [1.807, 2.05) is 6.07 Å². The minimum absolute atomic E-state index is 0.0153. The molecule has 2 saturated heterocycles. The molecule has 1 aromatic rings. The van der Waals surface area contributed by atoms with Crippen LogP contribution >= 0.6 is 15.9 Å². The number of aliphatic hydroxyl groups is 1. The first-order chi connectivity index (χ1) is 10.3. The first-order valence-corrected chi connectivity index (χ1v) is 8.59. The molecule has 5 heteroatoms. The zero-order valence-corrected chi connectivity index (χ0v) is 14.6. The largest absolute Gasteiger partial charge is 0.460 e. The van der Waals surface area contributed by atoms with E-state index in [1.165, 1.54) is 0 Å². The molecular formula is C17H23BrNO3+. The van der Waals surface area contributed by atoms with E-state index < -0.39 is 12.1 Å². The third kappa shape index (κ3) is 2.59. The lowest BCUT2D eigenvalue weighted by Gasteiger charge is -2.49. The van der Waals surface area contributed by atoms with E-state index in [2.05, 4.69) is 30.0 Å². The van der Waals surface area contributed by atoms with Crippen LogP contribution in [0.25, 0.3) is 0 Å². The van der Waals surface area contributed by atoms with Crippen molar-refractivity contribution < 1.29 is 19.1 Å². The molecule has 2 aliphatic rings.